The molecule has 2 rings (SSSR count). The fourth-order valence-corrected chi connectivity index (χ4v) is 2.40. The summed E-state index contributed by atoms with van der Waals surface area (Å²) in [4.78, 5) is 0. The third kappa shape index (κ3) is 2.89. The summed E-state index contributed by atoms with van der Waals surface area (Å²) in [6.07, 6.45) is 0. The van der Waals surface area contributed by atoms with Crippen molar-refractivity contribution in [2.24, 2.45) is 0 Å². The zero-order valence-corrected chi connectivity index (χ0v) is 12.9. The Kier molecular flexibility index (Phi) is 4.50. The summed E-state index contributed by atoms with van der Waals surface area (Å²) >= 11 is 23.2. The molecule has 0 amide bonds. The van der Waals surface area contributed by atoms with E-state index in [1.54, 1.807) is 0 Å². The van der Waals surface area contributed by atoms with Crippen LogP contribution >= 0.6 is 46.4 Å². The van der Waals surface area contributed by atoms with E-state index in [0.29, 0.717) is 10.0 Å². The van der Waals surface area contributed by atoms with E-state index >= 15 is 0 Å². The van der Waals surface area contributed by atoms with E-state index in [2.05, 4.69) is 0 Å². The second-order valence-corrected chi connectivity index (χ2v) is 6.36. The van der Waals surface area contributed by atoms with Crippen LogP contribution in [0.15, 0.2) is 48.5 Å². The molecular weight excluding hydrogens is 348 g/mol. The molecule has 0 saturated carbocycles. The zero-order valence-electron chi connectivity index (χ0n) is 9.89. The van der Waals surface area contributed by atoms with Gasteiger partial charge in [0.05, 0.1) is 0 Å². The summed E-state index contributed by atoms with van der Waals surface area (Å²) in [6, 6.07) is 10.7. The van der Waals surface area contributed by atoms with Gasteiger partial charge in [0.25, 0.3) is 0 Å². The van der Waals surface area contributed by atoms with Crippen LogP contribution in [0.2, 0.25) is 10.0 Å². The Bertz CT molecular complexity index is 536. The number of benzene rings is 2. The van der Waals surface area contributed by atoms with Crippen LogP contribution in [0.1, 0.15) is 11.1 Å². The lowest BCUT2D eigenvalue weighted by molar-refractivity contribution is -0.0241. The summed E-state index contributed by atoms with van der Waals surface area (Å²) in [5, 5.41) is 0.762. The number of hydrogen-bond donors (Lipinski definition) is 0. The van der Waals surface area contributed by atoms with Crippen LogP contribution in [-0.4, -0.2) is 0 Å². The van der Waals surface area contributed by atoms with Crippen molar-refractivity contribution in [3.05, 3.63) is 69.7 Å². The molecule has 0 heterocycles. The number of halogens is 6. The lowest BCUT2D eigenvalue weighted by Crippen LogP contribution is -2.33. The molecule has 0 fully saturated rings. The predicted molar refractivity (Wildman–Crippen MR) is 80.2 cm³/mol. The highest BCUT2D eigenvalue weighted by Gasteiger charge is 2.54. The molecule has 0 aliphatic rings. The molecule has 0 saturated heterocycles. The monoisotopic (exact) mass is 354 g/mol. The first-order valence-electron chi connectivity index (χ1n) is 5.53. The third-order valence-electron chi connectivity index (χ3n) is 2.81. The van der Waals surface area contributed by atoms with E-state index in [1.165, 1.54) is 48.5 Å². The SMILES string of the molecule is FC(F)(c1ccc(Cl)cc1)C(Cl)(Cl)c1ccc(Cl)cc1. The summed E-state index contributed by atoms with van der Waals surface area (Å²) in [6.45, 7) is 0. The Labute approximate surface area is 135 Å². The Morgan fingerprint density at radius 1 is 0.650 bits per heavy atom. The van der Waals surface area contributed by atoms with Crippen LogP contribution in [0, 0.1) is 0 Å². The second kappa shape index (κ2) is 5.69. The molecule has 0 bridgehead atoms. The molecule has 2 aromatic rings. The molecule has 20 heavy (non-hydrogen) atoms. The first kappa shape index (κ1) is 15.8. The molecule has 0 unspecified atom stereocenters. The van der Waals surface area contributed by atoms with Gasteiger partial charge in [-0.2, -0.15) is 8.78 Å². The lowest BCUT2D eigenvalue weighted by Gasteiger charge is -2.30. The fourth-order valence-electron chi connectivity index (χ4n) is 1.68. The Balaban J connectivity index is 2.45. The van der Waals surface area contributed by atoms with E-state index < -0.39 is 10.3 Å². The van der Waals surface area contributed by atoms with Gasteiger partial charge < -0.3 is 0 Å². The maximum atomic E-state index is 14.5. The van der Waals surface area contributed by atoms with Crippen molar-refractivity contribution in [2.45, 2.75) is 10.3 Å². The van der Waals surface area contributed by atoms with Gasteiger partial charge >= 0.3 is 5.92 Å². The summed E-state index contributed by atoms with van der Waals surface area (Å²) in [5.41, 5.74) is -0.257. The van der Waals surface area contributed by atoms with Gasteiger partial charge in [-0.05, 0) is 29.8 Å². The molecule has 0 aliphatic heterocycles. The highest BCUT2D eigenvalue weighted by Crippen LogP contribution is 2.53. The lowest BCUT2D eigenvalue weighted by atomic mass is 9.99. The van der Waals surface area contributed by atoms with Gasteiger partial charge in [0.2, 0.25) is 4.33 Å². The van der Waals surface area contributed by atoms with Gasteiger partial charge in [-0.25, -0.2) is 0 Å². The molecule has 0 atom stereocenters. The normalized spacial score (nSPS) is 12.5. The molecule has 2 aromatic carbocycles. The van der Waals surface area contributed by atoms with Gasteiger partial charge in [-0.1, -0.05) is 70.7 Å². The maximum absolute atomic E-state index is 14.5. The zero-order chi connectivity index (χ0) is 15.0. The van der Waals surface area contributed by atoms with E-state index in [-0.39, 0.29) is 11.1 Å². The molecular formula is C14H8Cl4F2. The van der Waals surface area contributed by atoms with Crippen molar-refractivity contribution in [2.75, 3.05) is 0 Å². The van der Waals surface area contributed by atoms with E-state index in [0.717, 1.165) is 0 Å². The van der Waals surface area contributed by atoms with Gasteiger partial charge in [-0.3, -0.25) is 0 Å². The average molecular weight is 356 g/mol. The highest BCUT2D eigenvalue weighted by molar-refractivity contribution is 6.48. The van der Waals surface area contributed by atoms with Crippen molar-refractivity contribution >= 4 is 46.4 Å². The molecule has 0 nitrogen and oxygen atoms in total. The minimum absolute atomic E-state index is 0.0604. The standard InChI is InChI=1S/C14H8Cl4F2/c15-11-5-1-9(2-6-11)13(17,18)14(19,20)10-3-7-12(16)8-4-10/h1-8H. The smallest absolute Gasteiger partial charge is 0.197 e. The fraction of sp³-hybridized carbons (Fsp3) is 0.143. The van der Waals surface area contributed by atoms with Crippen LogP contribution < -0.4 is 0 Å². The quantitative estimate of drug-likeness (QED) is 0.557. The van der Waals surface area contributed by atoms with Crippen molar-refractivity contribution < 1.29 is 8.78 Å². The molecule has 0 aliphatic carbocycles. The van der Waals surface area contributed by atoms with Crippen LogP contribution in [-0.2, 0) is 10.3 Å². The van der Waals surface area contributed by atoms with E-state index in [4.69, 9.17) is 46.4 Å². The van der Waals surface area contributed by atoms with Crippen molar-refractivity contribution in [1.82, 2.24) is 0 Å². The van der Waals surface area contributed by atoms with E-state index in [1.807, 2.05) is 0 Å². The Morgan fingerprint density at radius 2 is 1.00 bits per heavy atom. The van der Waals surface area contributed by atoms with Crippen LogP contribution in [0.4, 0.5) is 8.78 Å². The first-order chi connectivity index (χ1) is 9.25. The largest absolute Gasteiger partial charge is 0.309 e. The Morgan fingerprint density at radius 3 is 1.40 bits per heavy atom. The molecule has 0 radical (unpaired) electrons. The maximum Gasteiger partial charge on any atom is 0.309 e. The van der Waals surface area contributed by atoms with Crippen molar-refractivity contribution in [3.8, 4) is 0 Å². The topological polar surface area (TPSA) is 0 Å². The number of alkyl halides is 4. The van der Waals surface area contributed by atoms with Gasteiger partial charge in [-0.15, -0.1) is 0 Å². The highest BCUT2D eigenvalue weighted by atomic mass is 35.5. The van der Waals surface area contributed by atoms with Crippen LogP contribution in [0.3, 0.4) is 0 Å². The summed E-state index contributed by atoms with van der Waals surface area (Å²) in [5.74, 6) is -3.49. The minimum Gasteiger partial charge on any atom is -0.197 e. The minimum atomic E-state index is -3.49. The molecule has 106 valence electrons. The van der Waals surface area contributed by atoms with E-state index in [9.17, 15) is 8.78 Å². The van der Waals surface area contributed by atoms with Crippen LogP contribution in [0.25, 0.3) is 0 Å². The Hall–Kier alpha value is -0.540. The number of rotatable bonds is 3. The third-order valence-corrected chi connectivity index (χ3v) is 4.22. The summed E-state index contributed by atoms with van der Waals surface area (Å²) < 4.78 is 26.6. The van der Waals surface area contributed by atoms with Crippen molar-refractivity contribution in [3.63, 3.8) is 0 Å². The average Bonchev–Trinajstić information content (AvgIpc) is 2.39. The predicted octanol–water partition coefficient (Wildman–Crippen LogP) is 6.42. The second-order valence-electron chi connectivity index (χ2n) is 4.16. The number of hydrogen-bond acceptors (Lipinski definition) is 0. The van der Waals surface area contributed by atoms with Crippen molar-refractivity contribution in [1.29, 1.82) is 0 Å². The summed E-state index contributed by atoms with van der Waals surface area (Å²) in [7, 11) is 0. The molecule has 0 N–H and O–H groups in total. The molecule has 6 heteroatoms. The van der Waals surface area contributed by atoms with Crippen LogP contribution in [0.5, 0.6) is 0 Å². The molecule has 0 aromatic heterocycles. The van der Waals surface area contributed by atoms with Gasteiger partial charge in [0.1, 0.15) is 0 Å². The first-order valence-corrected chi connectivity index (χ1v) is 7.04. The molecule has 0 spiro atoms. The van der Waals surface area contributed by atoms with Gasteiger partial charge in [0, 0.05) is 15.6 Å². The van der Waals surface area contributed by atoms with Gasteiger partial charge in [0.15, 0.2) is 0 Å².